The summed E-state index contributed by atoms with van der Waals surface area (Å²) < 4.78 is 0. The zero-order valence-corrected chi connectivity index (χ0v) is 15.7. The van der Waals surface area contributed by atoms with E-state index in [0.717, 1.165) is 58.4 Å². The third kappa shape index (κ3) is 3.30. The van der Waals surface area contributed by atoms with Gasteiger partial charge in [-0.2, -0.15) is 0 Å². The van der Waals surface area contributed by atoms with Gasteiger partial charge in [-0.15, -0.1) is 0 Å². The highest BCUT2D eigenvalue weighted by atomic mass is 16.2. The van der Waals surface area contributed by atoms with Gasteiger partial charge >= 0.3 is 0 Å². The Morgan fingerprint density at radius 1 is 0.962 bits per heavy atom. The summed E-state index contributed by atoms with van der Waals surface area (Å²) in [6.45, 7) is 7.41. The van der Waals surface area contributed by atoms with Crippen LogP contribution in [0.5, 0.6) is 0 Å². The summed E-state index contributed by atoms with van der Waals surface area (Å²) in [6.07, 6.45) is 4.42. The lowest BCUT2D eigenvalue weighted by molar-refractivity contribution is -0.144. The van der Waals surface area contributed by atoms with E-state index in [2.05, 4.69) is 41.0 Å². The molecule has 0 unspecified atom stereocenters. The van der Waals surface area contributed by atoms with Crippen molar-refractivity contribution in [1.29, 1.82) is 0 Å². The van der Waals surface area contributed by atoms with Gasteiger partial charge in [-0.1, -0.05) is 37.1 Å². The van der Waals surface area contributed by atoms with E-state index in [4.69, 9.17) is 0 Å². The van der Waals surface area contributed by atoms with Gasteiger partial charge in [0.2, 0.25) is 11.8 Å². The van der Waals surface area contributed by atoms with E-state index in [1.165, 1.54) is 11.1 Å². The lowest BCUT2D eigenvalue weighted by Crippen LogP contribution is -2.51. The SMILES string of the molecule is Cc1ccccc1CN1CCN(CN2C(=O)CC3(CCCC3)C2=O)CC1. The summed E-state index contributed by atoms with van der Waals surface area (Å²) in [5, 5.41) is 0. The molecule has 0 atom stereocenters. The maximum atomic E-state index is 12.8. The van der Waals surface area contributed by atoms with Crippen molar-refractivity contribution >= 4 is 11.8 Å². The number of nitrogens with zero attached hydrogens (tertiary/aromatic N) is 3. The van der Waals surface area contributed by atoms with E-state index in [0.29, 0.717) is 13.1 Å². The Balaban J connectivity index is 1.31. The topological polar surface area (TPSA) is 43.9 Å². The molecular formula is C21H29N3O2. The van der Waals surface area contributed by atoms with E-state index in [1.807, 2.05) is 0 Å². The van der Waals surface area contributed by atoms with Gasteiger partial charge in [0.25, 0.3) is 0 Å². The summed E-state index contributed by atoms with van der Waals surface area (Å²) in [7, 11) is 0. The fraction of sp³-hybridized carbons (Fsp3) is 0.619. The van der Waals surface area contributed by atoms with Crippen LogP contribution in [-0.2, 0) is 16.1 Å². The van der Waals surface area contributed by atoms with Gasteiger partial charge in [0.15, 0.2) is 0 Å². The predicted octanol–water partition coefficient (Wildman–Crippen LogP) is 2.39. The Bertz CT molecular complexity index is 688. The number of carbonyl (C=O) groups excluding carboxylic acids is 2. The van der Waals surface area contributed by atoms with Gasteiger partial charge in [0, 0.05) is 39.1 Å². The Hall–Kier alpha value is -1.72. The van der Waals surface area contributed by atoms with Crippen molar-refractivity contribution in [2.75, 3.05) is 32.8 Å². The zero-order valence-electron chi connectivity index (χ0n) is 15.7. The number of amides is 2. The molecule has 0 radical (unpaired) electrons. The molecule has 3 aliphatic rings. The number of piperazine rings is 1. The van der Waals surface area contributed by atoms with E-state index in [1.54, 1.807) is 4.90 Å². The Labute approximate surface area is 155 Å². The molecule has 5 nitrogen and oxygen atoms in total. The molecule has 0 bridgehead atoms. The Morgan fingerprint density at radius 3 is 2.31 bits per heavy atom. The zero-order chi connectivity index (χ0) is 18.1. The molecule has 1 aromatic carbocycles. The van der Waals surface area contributed by atoms with E-state index in [-0.39, 0.29) is 17.2 Å². The highest BCUT2D eigenvalue weighted by Crippen LogP contribution is 2.46. The number of rotatable bonds is 4. The molecule has 26 heavy (non-hydrogen) atoms. The average Bonchev–Trinajstić information content (AvgIpc) is 3.19. The number of hydrogen-bond acceptors (Lipinski definition) is 4. The van der Waals surface area contributed by atoms with Gasteiger partial charge in [-0.3, -0.25) is 24.3 Å². The minimum atomic E-state index is -0.344. The van der Waals surface area contributed by atoms with Crippen molar-refractivity contribution in [1.82, 2.24) is 14.7 Å². The maximum absolute atomic E-state index is 12.8. The lowest BCUT2D eigenvalue weighted by Gasteiger charge is -2.36. The number of benzene rings is 1. The van der Waals surface area contributed by atoms with Gasteiger partial charge in [0.1, 0.15) is 0 Å². The normalized spacial score (nSPS) is 24.1. The molecule has 140 valence electrons. The van der Waals surface area contributed by atoms with Crippen molar-refractivity contribution in [3.05, 3.63) is 35.4 Å². The highest BCUT2D eigenvalue weighted by molar-refractivity contribution is 6.06. The third-order valence-electron chi connectivity index (χ3n) is 6.51. The average molecular weight is 355 g/mol. The summed E-state index contributed by atoms with van der Waals surface area (Å²) in [4.78, 5) is 31.5. The Kier molecular flexibility index (Phi) is 4.84. The second-order valence-corrected chi connectivity index (χ2v) is 8.25. The smallest absolute Gasteiger partial charge is 0.237 e. The maximum Gasteiger partial charge on any atom is 0.237 e. The molecule has 1 spiro atoms. The van der Waals surface area contributed by atoms with Crippen LogP contribution in [-0.4, -0.2) is 59.4 Å². The first-order valence-electron chi connectivity index (χ1n) is 9.91. The number of hydrogen-bond donors (Lipinski definition) is 0. The molecule has 1 saturated carbocycles. The van der Waals surface area contributed by atoms with E-state index in [9.17, 15) is 9.59 Å². The second kappa shape index (κ2) is 7.12. The third-order valence-corrected chi connectivity index (χ3v) is 6.51. The standard InChI is InChI=1S/C21H29N3O2/c1-17-6-2-3-7-18(17)15-22-10-12-23(13-11-22)16-24-19(25)14-21(20(24)26)8-4-5-9-21/h2-3,6-7H,4-5,8-16H2,1H3. The van der Waals surface area contributed by atoms with Crippen LogP contribution < -0.4 is 0 Å². The molecule has 2 amide bonds. The highest BCUT2D eigenvalue weighted by Gasteiger charge is 2.52. The van der Waals surface area contributed by atoms with E-state index >= 15 is 0 Å². The van der Waals surface area contributed by atoms with Crippen LogP contribution in [0.1, 0.15) is 43.2 Å². The molecule has 3 fully saturated rings. The molecule has 0 aromatic heterocycles. The molecule has 2 heterocycles. The predicted molar refractivity (Wildman–Crippen MR) is 100 cm³/mol. The second-order valence-electron chi connectivity index (χ2n) is 8.25. The van der Waals surface area contributed by atoms with Crippen LogP contribution in [0.3, 0.4) is 0 Å². The number of imide groups is 1. The molecule has 1 aliphatic carbocycles. The number of aryl methyl sites for hydroxylation is 1. The van der Waals surface area contributed by atoms with Gasteiger partial charge < -0.3 is 0 Å². The van der Waals surface area contributed by atoms with Crippen LogP contribution in [0.25, 0.3) is 0 Å². The minimum absolute atomic E-state index is 0.0410. The molecule has 1 aromatic rings. The van der Waals surface area contributed by atoms with Crippen LogP contribution in [0.2, 0.25) is 0 Å². The van der Waals surface area contributed by atoms with Gasteiger partial charge in [-0.25, -0.2) is 0 Å². The Morgan fingerprint density at radius 2 is 1.62 bits per heavy atom. The first-order chi connectivity index (χ1) is 12.6. The van der Waals surface area contributed by atoms with Crippen LogP contribution in [0, 0.1) is 12.3 Å². The van der Waals surface area contributed by atoms with E-state index < -0.39 is 0 Å². The van der Waals surface area contributed by atoms with Crippen molar-refractivity contribution in [3.63, 3.8) is 0 Å². The molecule has 5 heteroatoms. The summed E-state index contributed by atoms with van der Waals surface area (Å²) in [6, 6.07) is 8.54. The number of carbonyl (C=O) groups is 2. The van der Waals surface area contributed by atoms with Crippen molar-refractivity contribution in [2.45, 2.75) is 45.6 Å². The molecule has 2 saturated heterocycles. The van der Waals surface area contributed by atoms with Crippen molar-refractivity contribution in [2.24, 2.45) is 5.41 Å². The van der Waals surface area contributed by atoms with Crippen LogP contribution in [0.4, 0.5) is 0 Å². The fourth-order valence-corrected chi connectivity index (χ4v) is 4.76. The van der Waals surface area contributed by atoms with Gasteiger partial charge in [-0.05, 0) is 30.9 Å². The molecule has 4 rings (SSSR count). The fourth-order valence-electron chi connectivity index (χ4n) is 4.76. The monoisotopic (exact) mass is 355 g/mol. The quantitative estimate of drug-likeness (QED) is 0.778. The summed E-state index contributed by atoms with van der Waals surface area (Å²) >= 11 is 0. The van der Waals surface area contributed by atoms with Crippen molar-refractivity contribution < 1.29 is 9.59 Å². The van der Waals surface area contributed by atoms with Gasteiger partial charge in [0.05, 0.1) is 12.1 Å². The minimum Gasteiger partial charge on any atom is -0.297 e. The summed E-state index contributed by atoms with van der Waals surface area (Å²) in [5.74, 6) is 0.140. The van der Waals surface area contributed by atoms with Crippen LogP contribution in [0.15, 0.2) is 24.3 Å². The summed E-state index contributed by atoms with van der Waals surface area (Å²) in [5.41, 5.74) is 2.38. The first kappa shape index (κ1) is 17.7. The molecule has 0 N–H and O–H groups in total. The number of likely N-dealkylation sites (tertiary alicyclic amines) is 1. The van der Waals surface area contributed by atoms with Crippen molar-refractivity contribution in [3.8, 4) is 0 Å². The molecule has 2 aliphatic heterocycles. The lowest BCUT2D eigenvalue weighted by atomic mass is 9.85. The first-order valence-corrected chi connectivity index (χ1v) is 9.91. The largest absolute Gasteiger partial charge is 0.297 e. The van der Waals surface area contributed by atoms with Crippen LogP contribution >= 0.6 is 0 Å². The molecular weight excluding hydrogens is 326 g/mol.